The zero-order valence-corrected chi connectivity index (χ0v) is 21.5. The lowest BCUT2D eigenvalue weighted by molar-refractivity contribution is 1.10. The fourth-order valence-electron chi connectivity index (χ4n) is 4.82. The van der Waals surface area contributed by atoms with Crippen LogP contribution in [0.15, 0.2) is 135 Å². The highest BCUT2D eigenvalue weighted by atomic mass is 32.1. The van der Waals surface area contributed by atoms with E-state index in [2.05, 4.69) is 105 Å². The summed E-state index contributed by atoms with van der Waals surface area (Å²) in [4.78, 5) is 0. The normalized spacial score (nSPS) is 14.4. The molecule has 0 N–H and O–H groups in total. The molecule has 1 atom stereocenters. The van der Waals surface area contributed by atoms with Crippen LogP contribution < -0.4 is 0 Å². The molecule has 5 aromatic rings. The molecule has 0 bridgehead atoms. The van der Waals surface area contributed by atoms with Crippen molar-refractivity contribution >= 4 is 37.1 Å². The van der Waals surface area contributed by atoms with Crippen LogP contribution in [0.2, 0.25) is 0 Å². The van der Waals surface area contributed by atoms with Gasteiger partial charge in [0, 0.05) is 26.1 Å². The predicted octanol–water partition coefficient (Wildman–Crippen LogP) is 10.0. The number of thiophene rings is 1. The maximum atomic E-state index is 4.02. The van der Waals surface area contributed by atoms with Crippen molar-refractivity contribution in [1.29, 1.82) is 0 Å². The number of allylic oxidation sites excluding steroid dienone is 6. The summed E-state index contributed by atoms with van der Waals surface area (Å²) in [5, 5.41) is 2.72. The second-order valence-electron chi connectivity index (χ2n) is 9.15. The molecule has 0 amide bonds. The summed E-state index contributed by atoms with van der Waals surface area (Å²) < 4.78 is 2.72. The number of benzene rings is 4. The Bertz CT molecular complexity index is 1590. The van der Waals surface area contributed by atoms with Crippen LogP contribution in [0, 0.1) is 6.92 Å². The van der Waals surface area contributed by atoms with E-state index in [4.69, 9.17) is 0 Å². The molecule has 0 spiro atoms. The van der Waals surface area contributed by atoms with E-state index in [1.807, 2.05) is 47.8 Å². The minimum Gasteiger partial charge on any atom is -0.135 e. The Morgan fingerprint density at radius 2 is 1.50 bits per heavy atom. The average molecular weight is 483 g/mol. The Labute approximate surface area is 218 Å². The van der Waals surface area contributed by atoms with Gasteiger partial charge in [0.15, 0.2) is 0 Å². The predicted molar refractivity (Wildman–Crippen MR) is 160 cm³/mol. The summed E-state index contributed by atoms with van der Waals surface area (Å²) in [5.74, 6) is 0.304. The van der Waals surface area contributed by atoms with Gasteiger partial charge < -0.3 is 0 Å². The molecule has 0 radical (unpaired) electrons. The third-order valence-electron chi connectivity index (χ3n) is 6.61. The molecule has 6 rings (SSSR count). The Balaban J connectivity index is 0.000000330. The highest BCUT2D eigenvalue weighted by Gasteiger charge is 2.20. The Morgan fingerprint density at radius 3 is 2.25 bits per heavy atom. The van der Waals surface area contributed by atoms with Gasteiger partial charge in [0.2, 0.25) is 0 Å². The highest BCUT2D eigenvalue weighted by molar-refractivity contribution is 7.25. The fourth-order valence-corrected chi connectivity index (χ4v) is 5.90. The molecule has 1 aliphatic rings. The van der Waals surface area contributed by atoms with Crippen molar-refractivity contribution in [2.45, 2.75) is 19.3 Å². The summed E-state index contributed by atoms with van der Waals surface area (Å²) >= 11 is 1.87. The first-order valence-corrected chi connectivity index (χ1v) is 13.2. The Kier molecular flexibility index (Phi) is 7.11. The lowest BCUT2D eigenvalue weighted by atomic mass is 9.94. The molecule has 1 unspecified atom stereocenters. The van der Waals surface area contributed by atoms with Crippen molar-refractivity contribution in [3.05, 3.63) is 162 Å². The number of rotatable bonds is 5. The molecule has 0 fully saturated rings. The van der Waals surface area contributed by atoms with Crippen molar-refractivity contribution in [1.82, 2.24) is 0 Å². The van der Waals surface area contributed by atoms with Crippen LogP contribution in [0.3, 0.4) is 0 Å². The summed E-state index contributed by atoms with van der Waals surface area (Å²) in [5.41, 5.74) is 7.89. The first kappa shape index (κ1) is 23.8. The average Bonchev–Trinajstić information content (AvgIpc) is 3.45. The molecule has 0 saturated carbocycles. The van der Waals surface area contributed by atoms with Crippen molar-refractivity contribution in [3.63, 3.8) is 0 Å². The summed E-state index contributed by atoms with van der Waals surface area (Å²) in [6.45, 7) is 9.89. The van der Waals surface area contributed by atoms with Gasteiger partial charge in [-0.1, -0.05) is 122 Å². The molecule has 0 saturated heterocycles. The van der Waals surface area contributed by atoms with Gasteiger partial charge in [-0.25, -0.2) is 0 Å². The number of aryl methyl sites for hydroxylation is 1. The van der Waals surface area contributed by atoms with Crippen LogP contribution in [-0.2, 0) is 6.42 Å². The molecule has 1 heteroatoms. The second-order valence-corrected chi connectivity index (χ2v) is 10.2. The topological polar surface area (TPSA) is 0 Å². The van der Waals surface area contributed by atoms with Crippen LogP contribution in [0.5, 0.6) is 0 Å². The Morgan fingerprint density at radius 1 is 0.778 bits per heavy atom. The smallest absolute Gasteiger partial charge is 0.0355 e. The van der Waals surface area contributed by atoms with Gasteiger partial charge in [-0.15, -0.1) is 11.3 Å². The summed E-state index contributed by atoms with van der Waals surface area (Å²) in [7, 11) is 0. The summed E-state index contributed by atoms with van der Waals surface area (Å²) in [6.07, 6.45) is 11.2. The quantitative estimate of drug-likeness (QED) is 0.219. The van der Waals surface area contributed by atoms with Gasteiger partial charge in [0.25, 0.3) is 0 Å². The molecule has 4 aromatic carbocycles. The van der Waals surface area contributed by atoms with E-state index in [0.717, 1.165) is 6.42 Å². The van der Waals surface area contributed by atoms with E-state index in [1.54, 1.807) is 0 Å². The zero-order chi connectivity index (χ0) is 24.9. The largest absolute Gasteiger partial charge is 0.135 e. The van der Waals surface area contributed by atoms with E-state index in [-0.39, 0.29) is 0 Å². The van der Waals surface area contributed by atoms with Crippen LogP contribution in [0.4, 0.5) is 0 Å². The van der Waals surface area contributed by atoms with Gasteiger partial charge >= 0.3 is 0 Å². The maximum Gasteiger partial charge on any atom is 0.0355 e. The van der Waals surface area contributed by atoms with E-state index in [0.29, 0.717) is 5.92 Å². The van der Waals surface area contributed by atoms with Crippen LogP contribution in [-0.4, -0.2) is 0 Å². The highest BCUT2D eigenvalue weighted by Crippen LogP contribution is 2.39. The number of hydrogen-bond donors (Lipinski definition) is 0. The van der Waals surface area contributed by atoms with E-state index in [1.165, 1.54) is 53.6 Å². The standard InChI is InChI=1S/C28H22S.C7H8/c1-3-5-8-22-18-21(4-2)25-16-19(11-13-23(22)25)15-20-12-14-28-26(17-20)24-9-6-7-10-27(24)29-28;1-7-5-3-2-4-6-7/h3-14,16-18,22H,1-2,15H2;2-6H,1H3/b8-5+;. The first-order valence-electron chi connectivity index (χ1n) is 12.3. The number of fused-ring (bicyclic) bond motifs is 4. The van der Waals surface area contributed by atoms with Gasteiger partial charge in [-0.05, 0) is 59.4 Å². The van der Waals surface area contributed by atoms with Crippen molar-refractivity contribution in [2.75, 3.05) is 0 Å². The lowest BCUT2D eigenvalue weighted by Gasteiger charge is -2.10. The van der Waals surface area contributed by atoms with Gasteiger partial charge in [0.05, 0.1) is 0 Å². The SMILES string of the molecule is C=C/C=C/C1C=C(C=C)c2cc(Cc3ccc4sc5ccccc5c4c3)ccc21.Cc1ccccc1. The molecule has 36 heavy (non-hydrogen) atoms. The number of hydrogen-bond acceptors (Lipinski definition) is 1. The lowest BCUT2D eigenvalue weighted by Crippen LogP contribution is -1.94. The fraction of sp³-hybridized carbons (Fsp3) is 0.0857. The molecule has 1 aliphatic carbocycles. The van der Waals surface area contributed by atoms with E-state index >= 15 is 0 Å². The Hall–Kier alpha value is -3.94. The minimum absolute atomic E-state index is 0.304. The summed E-state index contributed by atoms with van der Waals surface area (Å²) in [6, 6.07) is 32.7. The molecule has 176 valence electrons. The monoisotopic (exact) mass is 482 g/mol. The van der Waals surface area contributed by atoms with Gasteiger partial charge in [-0.3, -0.25) is 0 Å². The van der Waals surface area contributed by atoms with E-state index < -0.39 is 0 Å². The maximum absolute atomic E-state index is 4.02. The zero-order valence-electron chi connectivity index (χ0n) is 20.7. The second kappa shape index (κ2) is 10.8. The molecular formula is C35H30S. The molecular weight excluding hydrogens is 452 g/mol. The third kappa shape index (κ3) is 5.03. The van der Waals surface area contributed by atoms with Crippen molar-refractivity contribution in [2.24, 2.45) is 0 Å². The van der Waals surface area contributed by atoms with Gasteiger partial charge in [0.1, 0.15) is 0 Å². The van der Waals surface area contributed by atoms with Crippen LogP contribution in [0.1, 0.15) is 33.7 Å². The van der Waals surface area contributed by atoms with Crippen LogP contribution in [0.25, 0.3) is 25.7 Å². The molecule has 0 aliphatic heterocycles. The van der Waals surface area contributed by atoms with Crippen LogP contribution >= 0.6 is 11.3 Å². The molecule has 0 nitrogen and oxygen atoms in total. The van der Waals surface area contributed by atoms with Crippen molar-refractivity contribution < 1.29 is 0 Å². The molecule has 1 heterocycles. The first-order chi connectivity index (χ1) is 17.7. The van der Waals surface area contributed by atoms with E-state index in [9.17, 15) is 0 Å². The van der Waals surface area contributed by atoms with Gasteiger partial charge in [-0.2, -0.15) is 0 Å². The third-order valence-corrected chi connectivity index (χ3v) is 7.76. The van der Waals surface area contributed by atoms with Crippen molar-refractivity contribution in [3.8, 4) is 0 Å². The minimum atomic E-state index is 0.304. The molecule has 1 aromatic heterocycles.